The highest BCUT2D eigenvalue weighted by Gasteiger charge is 2.27. The lowest BCUT2D eigenvalue weighted by molar-refractivity contribution is -0.385. The standard InChI is InChI=1S/C19H16N2O6/c1-11-13(5-4-6-15(11)21(23)24)18-20-14(19(22)27-18)9-12-7-8-16(25-2)17(10-12)26-3/h4-10H,1-3H3/b14-9+. The number of methoxy groups -OCH3 is 2. The molecule has 0 amide bonds. The maximum Gasteiger partial charge on any atom is 0.363 e. The molecule has 1 aliphatic rings. The third kappa shape index (κ3) is 3.50. The second-order valence-electron chi connectivity index (χ2n) is 5.66. The fraction of sp³-hybridized carbons (Fsp3) is 0.158. The van der Waals surface area contributed by atoms with E-state index in [1.54, 1.807) is 37.3 Å². The van der Waals surface area contributed by atoms with Gasteiger partial charge < -0.3 is 14.2 Å². The molecule has 0 fully saturated rings. The van der Waals surface area contributed by atoms with Crippen molar-refractivity contribution < 1.29 is 23.9 Å². The molecule has 0 atom stereocenters. The number of ether oxygens (including phenoxy) is 3. The number of benzene rings is 2. The van der Waals surface area contributed by atoms with Crippen molar-refractivity contribution in [3.05, 3.63) is 68.9 Å². The quantitative estimate of drug-likeness (QED) is 0.347. The van der Waals surface area contributed by atoms with Crippen LogP contribution in [-0.2, 0) is 9.53 Å². The second-order valence-corrected chi connectivity index (χ2v) is 5.66. The van der Waals surface area contributed by atoms with Gasteiger partial charge >= 0.3 is 5.97 Å². The summed E-state index contributed by atoms with van der Waals surface area (Å²) < 4.78 is 15.6. The fourth-order valence-corrected chi connectivity index (χ4v) is 2.68. The van der Waals surface area contributed by atoms with Gasteiger partial charge in [-0.3, -0.25) is 10.1 Å². The minimum Gasteiger partial charge on any atom is -0.493 e. The van der Waals surface area contributed by atoms with E-state index in [4.69, 9.17) is 14.2 Å². The lowest BCUT2D eigenvalue weighted by atomic mass is 10.1. The summed E-state index contributed by atoms with van der Waals surface area (Å²) in [5.74, 6) is 0.473. The van der Waals surface area contributed by atoms with Gasteiger partial charge in [-0.2, -0.15) is 0 Å². The highest BCUT2D eigenvalue weighted by atomic mass is 16.6. The molecule has 1 heterocycles. The second kappa shape index (κ2) is 7.28. The summed E-state index contributed by atoms with van der Waals surface area (Å²) in [6, 6.07) is 9.68. The summed E-state index contributed by atoms with van der Waals surface area (Å²) in [6.07, 6.45) is 1.55. The molecule has 0 aromatic heterocycles. The number of nitro benzene ring substituents is 1. The molecule has 0 saturated carbocycles. The molecular weight excluding hydrogens is 352 g/mol. The molecule has 0 radical (unpaired) electrons. The monoisotopic (exact) mass is 368 g/mol. The summed E-state index contributed by atoms with van der Waals surface area (Å²) in [6.45, 7) is 1.58. The Bertz CT molecular complexity index is 994. The normalized spacial score (nSPS) is 14.7. The van der Waals surface area contributed by atoms with Crippen LogP contribution in [0.3, 0.4) is 0 Å². The van der Waals surface area contributed by atoms with E-state index in [1.165, 1.54) is 26.4 Å². The van der Waals surface area contributed by atoms with E-state index in [2.05, 4.69) is 4.99 Å². The van der Waals surface area contributed by atoms with Crippen molar-refractivity contribution in [3.63, 3.8) is 0 Å². The van der Waals surface area contributed by atoms with E-state index >= 15 is 0 Å². The molecule has 8 heteroatoms. The molecule has 0 saturated heterocycles. The van der Waals surface area contributed by atoms with Crippen LogP contribution >= 0.6 is 0 Å². The van der Waals surface area contributed by atoms with Crippen LogP contribution in [-0.4, -0.2) is 31.0 Å². The van der Waals surface area contributed by atoms with Crippen LogP contribution < -0.4 is 9.47 Å². The van der Waals surface area contributed by atoms with E-state index in [0.29, 0.717) is 28.2 Å². The van der Waals surface area contributed by atoms with Crippen molar-refractivity contribution in [2.45, 2.75) is 6.92 Å². The largest absolute Gasteiger partial charge is 0.493 e. The lowest BCUT2D eigenvalue weighted by Crippen LogP contribution is -2.08. The van der Waals surface area contributed by atoms with Crippen LogP contribution in [0.25, 0.3) is 6.08 Å². The van der Waals surface area contributed by atoms with Crippen molar-refractivity contribution in [2.24, 2.45) is 4.99 Å². The Morgan fingerprint density at radius 2 is 1.89 bits per heavy atom. The molecule has 1 aliphatic heterocycles. The zero-order chi connectivity index (χ0) is 19.6. The lowest BCUT2D eigenvalue weighted by Gasteiger charge is -2.07. The molecule has 0 unspecified atom stereocenters. The summed E-state index contributed by atoms with van der Waals surface area (Å²) in [5, 5.41) is 11.1. The zero-order valence-electron chi connectivity index (χ0n) is 14.9. The Kier molecular flexibility index (Phi) is 4.89. The number of carbonyl (C=O) groups excluding carboxylic acids is 1. The molecule has 2 aromatic rings. The third-order valence-electron chi connectivity index (χ3n) is 4.06. The van der Waals surface area contributed by atoms with Gasteiger partial charge in [0.2, 0.25) is 5.90 Å². The summed E-state index contributed by atoms with van der Waals surface area (Å²) >= 11 is 0. The van der Waals surface area contributed by atoms with Gasteiger partial charge in [0.1, 0.15) is 0 Å². The number of cyclic esters (lactones) is 1. The van der Waals surface area contributed by atoms with E-state index in [9.17, 15) is 14.9 Å². The fourth-order valence-electron chi connectivity index (χ4n) is 2.68. The van der Waals surface area contributed by atoms with Gasteiger partial charge in [0, 0.05) is 17.2 Å². The molecule has 0 aliphatic carbocycles. The summed E-state index contributed by atoms with van der Waals surface area (Å²) in [5.41, 5.74) is 1.46. The molecule has 8 nitrogen and oxygen atoms in total. The van der Waals surface area contributed by atoms with Crippen LogP contribution in [0.2, 0.25) is 0 Å². The highest BCUT2D eigenvalue weighted by Crippen LogP contribution is 2.30. The minimum absolute atomic E-state index is 0.0351. The van der Waals surface area contributed by atoms with Gasteiger partial charge in [0.15, 0.2) is 17.2 Å². The summed E-state index contributed by atoms with van der Waals surface area (Å²) in [7, 11) is 3.04. The van der Waals surface area contributed by atoms with Crippen LogP contribution in [0.5, 0.6) is 11.5 Å². The molecule has 27 heavy (non-hydrogen) atoms. The highest BCUT2D eigenvalue weighted by molar-refractivity contribution is 6.13. The van der Waals surface area contributed by atoms with E-state index in [1.807, 2.05) is 0 Å². The van der Waals surface area contributed by atoms with Gasteiger partial charge in [0.25, 0.3) is 5.69 Å². The van der Waals surface area contributed by atoms with Crippen molar-refractivity contribution in [2.75, 3.05) is 14.2 Å². The minimum atomic E-state index is -0.634. The Hall–Kier alpha value is -3.68. The van der Waals surface area contributed by atoms with E-state index in [-0.39, 0.29) is 17.3 Å². The Balaban J connectivity index is 1.99. The first kappa shape index (κ1) is 18.1. The van der Waals surface area contributed by atoms with Crippen molar-refractivity contribution in [1.82, 2.24) is 0 Å². The Labute approximate surface area is 154 Å². The van der Waals surface area contributed by atoms with Crippen LogP contribution in [0.4, 0.5) is 5.69 Å². The zero-order valence-corrected chi connectivity index (χ0v) is 14.9. The SMILES string of the molecule is COc1ccc(/C=C2/N=C(c3cccc([N+](=O)[O-])c3C)OC2=O)cc1OC. The topological polar surface area (TPSA) is 100 Å². The molecule has 0 N–H and O–H groups in total. The summed E-state index contributed by atoms with van der Waals surface area (Å²) in [4.78, 5) is 27.0. The van der Waals surface area contributed by atoms with Crippen LogP contribution in [0.15, 0.2) is 47.1 Å². The number of rotatable bonds is 5. The van der Waals surface area contributed by atoms with E-state index < -0.39 is 10.9 Å². The number of aliphatic imine (C=N–C) groups is 1. The van der Waals surface area contributed by atoms with Gasteiger partial charge in [-0.05, 0) is 36.8 Å². The van der Waals surface area contributed by atoms with Gasteiger partial charge in [-0.1, -0.05) is 12.1 Å². The first-order chi connectivity index (χ1) is 12.9. The predicted molar refractivity (Wildman–Crippen MR) is 98.0 cm³/mol. The average molecular weight is 368 g/mol. The smallest absolute Gasteiger partial charge is 0.363 e. The average Bonchev–Trinajstić information content (AvgIpc) is 3.01. The van der Waals surface area contributed by atoms with E-state index in [0.717, 1.165) is 0 Å². The van der Waals surface area contributed by atoms with Gasteiger partial charge in [-0.15, -0.1) is 0 Å². The van der Waals surface area contributed by atoms with Gasteiger partial charge in [-0.25, -0.2) is 9.79 Å². The number of nitrogens with zero attached hydrogens (tertiary/aromatic N) is 2. The first-order valence-electron chi connectivity index (χ1n) is 7.93. The van der Waals surface area contributed by atoms with Crippen molar-refractivity contribution in [3.8, 4) is 11.5 Å². The molecule has 3 rings (SSSR count). The number of nitro groups is 1. The number of hydrogen-bond donors (Lipinski definition) is 0. The molecular formula is C19H16N2O6. The van der Waals surface area contributed by atoms with Crippen molar-refractivity contribution >= 4 is 23.6 Å². The number of carbonyl (C=O) groups is 1. The first-order valence-corrected chi connectivity index (χ1v) is 7.93. The molecule has 2 aromatic carbocycles. The molecule has 0 spiro atoms. The van der Waals surface area contributed by atoms with Gasteiger partial charge in [0.05, 0.1) is 19.1 Å². The number of hydrogen-bond acceptors (Lipinski definition) is 7. The molecule has 0 bridgehead atoms. The number of esters is 1. The van der Waals surface area contributed by atoms with Crippen molar-refractivity contribution in [1.29, 1.82) is 0 Å². The Morgan fingerprint density at radius 1 is 1.15 bits per heavy atom. The maximum atomic E-state index is 12.2. The predicted octanol–water partition coefficient (Wildman–Crippen LogP) is 3.26. The Morgan fingerprint density at radius 3 is 2.56 bits per heavy atom. The molecule has 138 valence electrons. The third-order valence-corrected chi connectivity index (χ3v) is 4.06. The maximum absolute atomic E-state index is 12.2. The van der Waals surface area contributed by atoms with Crippen LogP contribution in [0, 0.1) is 17.0 Å². The van der Waals surface area contributed by atoms with Crippen LogP contribution in [0.1, 0.15) is 16.7 Å².